The molecule has 1 aromatic carbocycles. The topological polar surface area (TPSA) is 55.5 Å². The van der Waals surface area contributed by atoms with Gasteiger partial charge in [-0.3, -0.25) is 9.79 Å². The quantitative estimate of drug-likeness (QED) is 0.787. The Bertz CT molecular complexity index is 412. The average Bonchev–Trinajstić information content (AvgIpc) is 2.46. The highest BCUT2D eigenvalue weighted by Crippen LogP contribution is 2.22. The lowest BCUT2D eigenvalue weighted by atomic mass is 10.1. The highest BCUT2D eigenvalue weighted by atomic mass is 79.9. The Morgan fingerprint density at radius 1 is 1.54 bits per heavy atom. The number of hydrogen-bond acceptors (Lipinski definition) is 2. The molecular weight excluding hydrogens is 232 g/mol. The van der Waals surface area contributed by atoms with Crippen molar-refractivity contribution in [3.63, 3.8) is 0 Å². The van der Waals surface area contributed by atoms with E-state index in [1.165, 1.54) is 0 Å². The molecule has 1 aliphatic heterocycles. The number of halogens is 1. The second-order valence-corrected chi connectivity index (χ2v) is 3.75. The smallest absolute Gasteiger partial charge is 0.267 e. The number of amides is 1. The number of benzene rings is 1. The van der Waals surface area contributed by atoms with Crippen LogP contribution in [0.3, 0.4) is 0 Å². The molecular formula is C9H7BrN2O. The van der Waals surface area contributed by atoms with Gasteiger partial charge in [-0.15, -0.1) is 0 Å². The summed E-state index contributed by atoms with van der Waals surface area (Å²) >= 11 is 3.33. The number of rotatable bonds is 1. The number of aliphatic imine (C=N–C) groups is 1. The molecule has 1 aromatic rings. The minimum absolute atomic E-state index is 0.385. The zero-order valence-electron chi connectivity index (χ0n) is 6.75. The minimum Gasteiger partial charge on any atom is -0.364 e. The van der Waals surface area contributed by atoms with E-state index in [0.29, 0.717) is 12.3 Å². The van der Waals surface area contributed by atoms with Gasteiger partial charge in [0.25, 0.3) is 5.91 Å². The Morgan fingerprint density at radius 2 is 2.31 bits per heavy atom. The van der Waals surface area contributed by atoms with Crippen molar-refractivity contribution in [2.45, 2.75) is 6.54 Å². The number of carbonyl (C=O) groups excluding carboxylic acids is 1. The molecule has 0 saturated carbocycles. The lowest BCUT2D eigenvalue weighted by molar-refractivity contribution is -0.111. The highest BCUT2D eigenvalue weighted by Gasteiger charge is 2.19. The minimum atomic E-state index is -0.461. The van der Waals surface area contributed by atoms with Gasteiger partial charge in [-0.25, -0.2) is 0 Å². The standard InChI is InChI=1S/C9H7BrN2O/c10-6-2-1-5-4-12-8(9(11)13)7(5)3-6/h1-3H,4H2,(H2,11,13). The SMILES string of the molecule is NC(=O)C1=NCc2ccc(Br)cc21. The molecule has 3 nitrogen and oxygen atoms in total. The molecule has 0 aliphatic carbocycles. The summed E-state index contributed by atoms with van der Waals surface area (Å²) in [7, 11) is 0. The summed E-state index contributed by atoms with van der Waals surface area (Å²) < 4.78 is 0.933. The zero-order chi connectivity index (χ0) is 9.42. The second-order valence-electron chi connectivity index (χ2n) is 2.83. The van der Waals surface area contributed by atoms with Crippen molar-refractivity contribution >= 4 is 27.5 Å². The maximum Gasteiger partial charge on any atom is 0.267 e. The Balaban J connectivity index is 2.54. The third-order valence-corrected chi connectivity index (χ3v) is 2.46. The Morgan fingerprint density at radius 3 is 3.00 bits per heavy atom. The van der Waals surface area contributed by atoms with Crippen LogP contribution in [0.4, 0.5) is 0 Å². The summed E-state index contributed by atoms with van der Waals surface area (Å²) in [5.74, 6) is -0.461. The van der Waals surface area contributed by atoms with E-state index in [1.54, 1.807) is 0 Å². The van der Waals surface area contributed by atoms with Gasteiger partial charge < -0.3 is 5.73 Å². The van der Waals surface area contributed by atoms with Gasteiger partial charge in [0, 0.05) is 10.0 Å². The first kappa shape index (κ1) is 8.44. The van der Waals surface area contributed by atoms with Gasteiger partial charge in [0.2, 0.25) is 0 Å². The van der Waals surface area contributed by atoms with E-state index < -0.39 is 5.91 Å². The molecule has 0 bridgehead atoms. The van der Waals surface area contributed by atoms with E-state index in [9.17, 15) is 4.79 Å². The van der Waals surface area contributed by atoms with Gasteiger partial charge in [0.15, 0.2) is 0 Å². The van der Waals surface area contributed by atoms with Crippen molar-refractivity contribution in [2.24, 2.45) is 10.7 Å². The van der Waals surface area contributed by atoms with Crippen LogP contribution in [0.1, 0.15) is 11.1 Å². The fraction of sp³-hybridized carbons (Fsp3) is 0.111. The van der Waals surface area contributed by atoms with Gasteiger partial charge in [-0.2, -0.15) is 0 Å². The predicted octanol–water partition coefficient (Wildman–Crippen LogP) is 1.24. The number of carbonyl (C=O) groups is 1. The fourth-order valence-electron chi connectivity index (χ4n) is 1.37. The number of hydrogen-bond donors (Lipinski definition) is 1. The Kier molecular flexibility index (Phi) is 1.92. The van der Waals surface area contributed by atoms with Crippen LogP contribution in [0.2, 0.25) is 0 Å². The molecule has 0 aromatic heterocycles. The van der Waals surface area contributed by atoms with E-state index >= 15 is 0 Å². The van der Waals surface area contributed by atoms with Gasteiger partial charge in [0.1, 0.15) is 5.71 Å². The summed E-state index contributed by atoms with van der Waals surface area (Å²) in [4.78, 5) is 15.0. The molecule has 1 amide bonds. The molecule has 1 aliphatic rings. The van der Waals surface area contributed by atoms with Gasteiger partial charge in [-0.1, -0.05) is 22.0 Å². The molecule has 2 rings (SSSR count). The van der Waals surface area contributed by atoms with Crippen molar-refractivity contribution in [3.8, 4) is 0 Å². The summed E-state index contributed by atoms with van der Waals surface area (Å²) in [6, 6.07) is 5.74. The predicted molar refractivity (Wildman–Crippen MR) is 53.6 cm³/mol. The molecule has 0 fully saturated rings. The molecule has 13 heavy (non-hydrogen) atoms. The molecule has 0 saturated heterocycles. The summed E-state index contributed by atoms with van der Waals surface area (Å²) in [6.07, 6.45) is 0. The lowest BCUT2D eigenvalue weighted by Gasteiger charge is -1.99. The van der Waals surface area contributed by atoms with Gasteiger partial charge in [0.05, 0.1) is 6.54 Å². The maximum absolute atomic E-state index is 11.0. The maximum atomic E-state index is 11.0. The van der Waals surface area contributed by atoms with Crippen LogP contribution in [0.5, 0.6) is 0 Å². The first-order valence-corrected chi connectivity index (χ1v) is 4.61. The van der Waals surface area contributed by atoms with Crippen LogP contribution < -0.4 is 5.73 Å². The first-order chi connectivity index (χ1) is 6.18. The van der Waals surface area contributed by atoms with Crippen molar-refractivity contribution in [1.82, 2.24) is 0 Å². The highest BCUT2D eigenvalue weighted by molar-refractivity contribution is 9.10. The molecule has 4 heteroatoms. The van der Waals surface area contributed by atoms with E-state index in [1.807, 2.05) is 18.2 Å². The van der Waals surface area contributed by atoms with Crippen molar-refractivity contribution in [1.29, 1.82) is 0 Å². The molecule has 0 unspecified atom stereocenters. The first-order valence-electron chi connectivity index (χ1n) is 3.81. The van der Waals surface area contributed by atoms with Crippen LogP contribution in [-0.4, -0.2) is 11.6 Å². The number of primary amides is 1. The van der Waals surface area contributed by atoms with Crippen LogP contribution in [0, 0.1) is 0 Å². The number of fused-ring (bicyclic) bond motifs is 1. The van der Waals surface area contributed by atoms with E-state index in [4.69, 9.17) is 5.73 Å². The Hall–Kier alpha value is -1.16. The van der Waals surface area contributed by atoms with Crippen LogP contribution >= 0.6 is 15.9 Å². The van der Waals surface area contributed by atoms with Gasteiger partial charge >= 0.3 is 0 Å². The molecule has 2 N–H and O–H groups in total. The normalized spacial score (nSPS) is 13.8. The van der Waals surface area contributed by atoms with E-state index in [0.717, 1.165) is 15.6 Å². The number of nitrogens with zero attached hydrogens (tertiary/aromatic N) is 1. The number of nitrogens with two attached hydrogens (primary N) is 1. The van der Waals surface area contributed by atoms with Gasteiger partial charge in [-0.05, 0) is 17.7 Å². The summed E-state index contributed by atoms with van der Waals surface area (Å²) in [5, 5.41) is 0. The van der Waals surface area contributed by atoms with E-state index in [2.05, 4.69) is 20.9 Å². The molecule has 0 atom stereocenters. The third-order valence-electron chi connectivity index (χ3n) is 1.97. The average molecular weight is 239 g/mol. The monoisotopic (exact) mass is 238 g/mol. The lowest BCUT2D eigenvalue weighted by Crippen LogP contribution is -2.22. The molecule has 0 spiro atoms. The van der Waals surface area contributed by atoms with Crippen molar-refractivity contribution < 1.29 is 4.79 Å². The Labute approximate surface area is 83.8 Å². The molecule has 0 radical (unpaired) electrons. The van der Waals surface area contributed by atoms with Crippen molar-refractivity contribution in [3.05, 3.63) is 33.8 Å². The zero-order valence-corrected chi connectivity index (χ0v) is 8.34. The van der Waals surface area contributed by atoms with Crippen LogP contribution in [-0.2, 0) is 11.3 Å². The van der Waals surface area contributed by atoms with Crippen molar-refractivity contribution in [2.75, 3.05) is 0 Å². The van der Waals surface area contributed by atoms with Crippen LogP contribution in [0.25, 0.3) is 0 Å². The summed E-state index contributed by atoms with van der Waals surface area (Å²) in [5.41, 5.74) is 7.46. The second kappa shape index (κ2) is 2.96. The molecule has 1 heterocycles. The van der Waals surface area contributed by atoms with E-state index in [-0.39, 0.29) is 0 Å². The third kappa shape index (κ3) is 1.37. The summed E-state index contributed by atoms with van der Waals surface area (Å²) in [6.45, 7) is 0.556. The fourth-order valence-corrected chi connectivity index (χ4v) is 1.73. The van der Waals surface area contributed by atoms with Crippen LogP contribution in [0.15, 0.2) is 27.7 Å². The largest absolute Gasteiger partial charge is 0.364 e. The molecule has 66 valence electrons.